The topological polar surface area (TPSA) is 91.8 Å². The minimum atomic E-state index is -3.60. The maximum absolute atomic E-state index is 14.5. The highest BCUT2D eigenvalue weighted by molar-refractivity contribution is 7.92. The van der Waals surface area contributed by atoms with E-state index in [4.69, 9.17) is 23.2 Å². The quantitative estimate of drug-likeness (QED) is 0.347. The standard InChI is InChI=1S/C29H37Cl2NO5S/c1-6-23(18-38(36,37)28(3,4)5)32-26(19-11-13-21(30)14-12-19)24(20-9-8-10-22(31)15-20)16-29(7-2,27(32)35)17-25(33)34/h8-15,23-24,26H,6-7,16-18H2,1-5H3,(H,33,34)/t23-,24+,26+,29-/m0/s1. The molecule has 0 spiro atoms. The Kier molecular flexibility index (Phi) is 9.27. The Labute approximate surface area is 236 Å². The molecule has 1 amide bonds. The van der Waals surface area contributed by atoms with Gasteiger partial charge in [-0.05, 0) is 75.4 Å². The van der Waals surface area contributed by atoms with Crippen LogP contribution in [-0.2, 0) is 19.4 Å². The summed E-state index contributed by atoms with van der Waals surface area (Å²) in [7, 11) is -3.60. The summed E-state index contributed by atoms with van der Waals surface area (Å²) in [5.74, 6) is -1.93. The van der Waals surface area contributed by atoms with Crippen molar-refractivity contribution in [3.63, 3.8) is 0 Å². The smallest absolute Gasteiger partial charge is 0.304 e. The molecule has 1 saturated heterocycles. The van der Waals surface area contributed by atoms with E-state index in [-0.39, 0.29) is 24.0 Å². The number of amides is 1. The third-order valence-corrected chi connectivity index (χ3v) is 11.0. The number of carbonyl (C=O) groups is 2. The van der Waals surface area contributed by atoms with Crippen molar-refractivity contribution in [3.8, 4) is 0 Å². The predicted molar refractivity (Wildman–Crippen MR) is 152 cm³/mol. The van der Waals surface area contributed by atoms with Crippen LogP contribution in [0.3, 0.4) is 0 Å². The molecule has 0 radical (unpaired) electrons. The summed E-state index contributed by atoms with van der Waals surface area (Å²) >= 11 is 12.6. The maximum atomic E-state index is 14.5. The molecule has 38 heavy (non-hydrogen) atoms. The summed E-state index contributed by atoms with van der Waals surface area (Å²) in [4.78, 5) is 28.2. The van der Waals surface area contributed by atoms with E-state index in [1.165, 1.54) is 0 Å². The second-order valence-electron chi connectivity index (χ2n) is 11.2. The molecule has 9 heteroatoms. The molecular weight excluding hydrogens is 545 g/mol. The highest BCUT2D eigenvalue weighted by atomic mass is 35.5. The summed E-state index contributed by atoms with van der Waals surface area (Å²) in [5, 5.41) is 10.9. The van der Waals surface area contributed by atoms with Gasteiger partial charge in [0.05, 0.1) is 28.4 Å². The van der Waals surface area contributed by atoms with Crippen molar-refractivity contribution in [2.24, 2.45) is 5.41 Å². The third kappa shape index (κ3) is 6.21. The molecule has 2 aromatic carbocycles. The lowest BCUT2D eigenvalue weighted by Gasteiger charge is -2.53. The van der Waals surface area contributed by atoms with Crippen molar-refractivity contribution < 1.29 is 23.1 Å². The van der Waals surface area contributed by atoms with E-state index >= 15 is 0 Å². The Balaban J connectivity index is 2.31. The number of hydrogen-bond donors (Lipinski definition) is 1. The number of carboxylic acids is 1. The van der Waals surface area contributed by atoms with Crippen LogP contribution in [0.2, 0.25) is 10.0 Å². The Bertz CT molecular complexity index is 1270. The number of rotatable bonds is 9. The van der Waals surface area contributed by atoms with Gasteiger partial charge >= 0.3 is 5.97 Å². The molecule has 1 aliphatic rings. The van der Waals surface area contributed by atoms with E-state index < -0.39 is 38.1 Å². The number of sulfone groups is 1. The molecule has 0 aliphatic carbocycles. The highest BCUT2D eigenvalue weighted by Crippen LogP contribution is 2.53. The number of hydrogen-bond acceptors (Lipinski definition) is 4. The lowest BCUT2D eigenvalue weighted by Crippen LogP contribution is -2.58. The fourth-order valence-electron chi connectivity index (χ4n) is 5.45. The number of likely N-dealkylation sites (tertiary alicyclic amines) is 1. The molecule has 0 saturated carbocycles. The predicted octanol–water partition coefficient (Wildman–Crippen LogP) is 6.91. The van der Waals surface area contributed by atoms with Gasteiger partial charge in [0, 0.05) is 22.0 Å². The van der Waals surface area contributed by atoms with Crippen LogP contribution in [0.5, 0.6) is 0 Å². The Morgan fingerprint density at radius 1 is 1.08 bits per heavy atom. The molecule has 1 N–H and O–H groups in total. The fourth-order valence-corrected chi connectivity index (χ4v) is 7.18. The van der Waals surface area contributed by atoms with E-state index in [1.54, 1.807) is 43.9 Å². The third-order valence-electron chi connectivity index (χ3n) is 7.84. The van der Waals surface area contributed by atoms with Crippen molar-refractivity contribution in [1.29, 1.82) is 0 Å². The Hall–Kier alpha value is -2.09. The van der Waals surface area contributed by atoms with Crippen molar-refractivity contribution in [2.45, 2.75) is 83.1 Å². The lowest BCUT2D eigenvalue weighted by atomic mass is 9.65. The minimum absolute atomic E-state index is 0.224. The summed E-state index contributed by atoms with van der Waals surface area (Å²) in [6.45, 7) is 8.64. The number of carboxylic acid groups (broad SMARTS) is 1. The van der Waals surface area contributed by atoms with Gasteiger partial charge in [-0.2, -0.15) is 0 Å². The monoisotopic (exact) mass is 581 g/mol. The number of halogens is 2. The first kappa shape index (κ1) is 30.5. The molecule has 1 heterocycles. The van der Waals surface area contributed by atoms with Crippen LogP contribution in [0, 0.1) is 5.41 Å². The molecule has 0 bridgehead atoms. The molecule has 4 atom stereocenters. The fraction of sp³-hybridized carbons (Fsp3) is 0.517. The zero-order valence-corrected chi connectivity index (χ0v) is 24.9. The van der Waals surface area contributed by atoms with E-state index in [0.29, 0.717) is 29.3 Å². The molecule has 1 aliphatic heterocycles. The average molecular weight is 583 g/mol. The highest BCUT2D eigenvalue weighted by Gasteiger charge is 2.54. The van der Waals surface area contributed by atoms with E-state index in [2.05, 4.69) is 0 Å². The minimum Gasteiger partial charge on any atom is -0.481 e. The number of benzene rings is 2. The van der Waals surface area contributed by atoms with Gasteiger partial charge in [-0.3, -0.25) is 9.59 Å². The summed E-state index contributed by atoms with van der Waals surface area (Å²) in [6, 6.07) is 13.4. The van der Waals surface area contributed by atoms with Gasteiger partial charge in [0.25, 0.3) is 0 Å². The van der Waals surface area contributed by atoms with Crippen molar-refractivity contribution in [1.82, 2.24) is 4.90 Å². The van der Waals surface area contributed by atoms with Crippen LogP contribution >= 0.6 is 23.2 Å². The van der Waals surface area contributed by atoms with Crippen molar-refractivity contribution >= 4 is 44.9 Å². The molecular formula is C29H37Cl2NO5S. The second-order valence-corrected chi connectivity index (χ2v) is 14.9. The molecule has 0 aromatic heterocycles. The first-order valence-corrected chi connectivity index (χ1v) is 15.3. The van der Waals surface area contributed by atoms with Crippen LogP contribution in [-0.4, -0.2) is 46.8 Å². The normalized spacial score (nSPS) is 23.3. The molecule has 1 fully saturated rings. The number of piperidine rings is 1. The van der Waals surface area contributed by atoms with E-state index in [1.807, 2.05) is 44.2 Å². The lowest BCUT2D eigenvalue weighted by molar-refractivity contribution is -0.161. The first-order valence-electron chi connectivity index (χ1n) is 12.9. The number of carbonyl (C=O) groups excluding carboxylic acids is 1. The Morgan fingerprint density at radius 3 is 2.21 bits per heavy atom. The molecule has 0 unspecified atom stereocenters. The van der Waals surface area contributed by atoms with Crippen LogP contribution in [0.25, 0.3) is 0 Å². The Morgan fingerprint density at radius 2 is 1.71 bits per heavy atom. The summed E-state index contributed by atoms with van der Waals surface area (Å²) < 4.78 is 25.8. The van der Waals surface area contributed by atoms with Crippen LogP contribution < -0.4 is 0 Å². The molecule has 6 nitrogen and oxygen atoms in total. The second kappa shape index (κ2) is 11.6. The van der Waals surface area contributed by atoms with E-state index in [9.17, 15) is 23.1 Å². The summed E-state index contributed by atoms with van der Waals surface area (Å²) in [5.41, 5.74) is 0.478. The number of nitrogens with zero attached hydrogens (tertiary/aromatic N) is 1. The van der Waals surface area contributed by atoms with Gasteiger partial charge < -0.3 is 10.0 Å². The number of aliphatic carboxylic acids is 1. The maximum Gasteiger partial charge on any atom is 0.304 e. The van der Waals surface area contributed by atoms with Gasteiger partial charge in [0.2, 0.25) is 5.91 Å². The van der Waals surface area contributed by atoms with Gasteiger partial charge in [-0.25, -0.2) is 8.42 Å². The van der Waals surface area contributed by atoms with Crippen LogP contribution in [0.15, 0.2) is 48.5 Å². The van der Waals surface area contributed by atoms with E-state index in [0.717, 1.165) is 11.1 Å². The van der Waals surface area contributed by atoms with Crippen LogP contribution in [0.4, 0.5) is 0 Å². The van der Waals surface area contributed by atoms with Gasteiger partial charge in [-0.15, -0.1) is 0 Å². The molecule has 3 rings (SSSR count). The van der Waals surface area contributed by atoms with Gasteiger partial charge in [-0.1, -0.05) is 61.3 Å². The average Bonchev–Trinajstić information content (AvgIpc) is 2.83. The SMILES string of the molecule is CC[C@@H](CS(=O)(=O)C(C)(C)C)N1C(=O)[C@](CC)(CC(=O)O)C[C@H](c2cccc(Cl)c2)[C@H]1c1ccc(Cl)cc1. The van der Waals surface area contributed by atoms with Crippen LogP contribution in [0.1, 0.15) is 83.4 Å². The first-order chi connectivity index (χ1) is 17.7. The van der Waals surface area contributed by atoms with Crippen molar-refractivity contribution in [3.05, 3.63) is 69.7 Å². The molecule has 208 valence electrons. The zero-order chi connectivity index (χ0) is 28.5. The van der Waals surface area contributed by atoms with Gasteiger partial charge in [0.1, 0.15) is 0 Å². The zero-order valence-electron chi connectivity index (χ0n) is 22.6. The summed E-state index contributed by atoms with van der Waals surface area (Å²) in [6.07, 6.45) is 0.647. The largest absolute Gasteiger partial charge is 0.481 e. The van der Waals surface area contributed by atoms with Crippen molar-refractivity contribution in [2.75, 3.05) is 5.75 Å². The van der Waals surface area contributed by atoms with Gasteiger partial charge in [0.15, 0.2) is 9.84 Å². The molecule has 2 aromatic rings.